The number of ether oxygens (including phenoxy) is 1. The fourth-order valence-corrected chi connectivity index (χ4v) is 4.25. The summed E-state index contributed by atoms with van der Waals surface area (Å²) in [6, 6.07) is 7.88. The average molecular weight is 360 g/mol. The number of hydrogen-bond acceptors (Lipinski definition) is 4. The third-order valence-electron chi connectivity index (χ3n) is 5.53. The van der Waals surface area contributed by atoms with Crippen LogP contribution in [0.1, 0.15) is 18.4 Å². The Morgan fingerprint density at radius 1 is 1.15 bits per heavy atom. The summed E-state index contributed by atoms with van der Waals surface area (Å²) < 4.78 is 32.8. The van der Waals surface area contributed by atoms with Crippen LogP contribution in [0.5, 0.6) is 11.5 Å². The first-order chi connectivity index (χ1) is 12.6. The van der Waals surface area contributed by atoms with Gasteiger partial charge in [0.2, 0.25) is 0 Å². The van der Waals surface area contributed by atoms with Gasteiger partial charge in [0.15, 0.2) is 17.3 Å². The van der Waals surface area contributed by atoms with Crippen LogP contribution in [-0.4, -0.2) is 40.7 Å². The third-order valence-corrected chi connectivity index (χ3v) is 5.53. The second-order valence-electron chi connectivity index (χ2n) is 7.32. The molecule has 0 spiro atoms. The van der Waals surface area contributed by atoms with Crippen LogP contribution < -0.4 is 4.74 Å². The predicted molar refractivity (Wildman–Crippen MR) is 93.0 cm³/mol. The number of phenols is 1. The summed E-state index contributed by atoms with van der Waals surface area (Å²) in [5, 5.41) is 9.26. The first kappa shape index (κ1) is 17.2. The summed E-state index contributed by atoms with van der Waals surface area (Å²) in [6.07, 6.45) is 4.10. The molecule has 0 unspecified atom stereocenters. The number of halogens is 2. The van der Waals surface area contributed by atoms with E-state index in [-0.39, 0.29) is 17.6 Å². The van der Waals surface area contributed by atoms with Crippen molar-refractivity contribution in [1.29, 1.82) is 0 Å². The molecule has 1 N–H and O–H groups in total. The number of aromatic hydroxyl groups is 1. The van der Waals surface area contributed by atoms with E-state index in [0.29, 0.717) is 11.8 Å². The molecule has 1 saturated heterocycles. The lowest BCUT2D eigenvalue weighted by Gasteiger charge is -2.20. The van der Waals surface area contributed by atoms with Gasteiger partial charge in [-0.05, 0) is 60.9 Å². The molecule has 26 heavy (non-hydrogen) atoms. The molecule has 1 aliphatic carbocycles. The molecule has 2 aliphatic rings. The van der Waals surface area contributed by atoms with E-state index in [2.05, 4.69) is 9.88 Å². The fourth-order valence-electron chi connectivity index (χ4n) is 4.25. The molecule has 3 atom stereocenters. The largest absolute Gasteiger partial charge is 0.505 e. The van der Waals surface area contributed by atoms with Crippen LogP contribution in [-0.2, 0) is 6.42 Å². The molecule has 2 heterocycles. The fraction of sp³-hybridized carbons (Fsp3) is 0.450. The monoisotopic (exact) mass is 360 g/mol. The Bertz CT molecular complexity index is 772. The number of fused-ring (bicyclic) bond motifs is 1. The highest BCUT2D eigenvalue weighted by Crippen LogP contribution is 2.40. The van der Waals surface area contributed by atoms with Gasteiger partial charge in [0.05, 0.1) is 6.10 Å². The molecule has 2 aromatic rings. The van der Waals surface area contributed by atoms with Crippen LogP contribution in [0.2, 0.25) is 0 Å². The van der Waals surface area contributed by atoms with Gasteiger partial charge in [0.1, 0.15) is 0 Å². The van der Waals surface area contributed by atoms with Crippen molar-refractivity contribution in [3.05, 3.63) is 53.9 Å². The second-order valence-corrected chi connectivity index (χ2v) is 7.32. The second kappa shape index (κ2) is 7.19. The summed E-state index contributed by atoms with van der Waals surface area (Å²) in [6.45, 7) is 2.88. The van der Waals surface area contributed by atoms with Crippen LogP contribution in [0.3, 0.4) is 0 Å². The summed E-state index contributed by atoms with van der Waals surface area (Å²) in [5.41, 5.74) is 0.894. The Balaban J connectivity index is 1.27. The van der Waals surface area contributed by atoms with E-state index in [9.17, 15) is 13.9 Å². The van der Waals surface area contributed by atoms with Crippen molar-refractivity contribution in [2.24, 2.45) is 11.8 Å². The SMILES string of the molecule is Oc1ccc(CCN2C[C@H]3C[C@H](Oc4cccnc4F)C[C@H]3C2)cc1F. The Morgan fingerprint density at radius 3 is 2.62 bits per heavy atom. The highest BCUT2D eigenvalue weighted by molar-refractivity contribution is 5.28. The standard InChI is InChI=1S/C20H22F2N2O2/c21-17-8-13(3-4-18(17)25)5-7-24-11-14-9-16(10-15(14)12-24)26-19-2-1-6-23-20(19)22/h1-4,6,8,14-16,25H,5,7,9-12H2/t14-,15+,16+. The van der Waals surface area contributed by atoms with Crippen LogP contribution in [0.4, 0.5) is 8.78 Å². The molecule has 2 fully saturated rings. The molecule has 6 heteroatoms. The number of phenolic OH excluding ortho intramolecular Hbond substituents is 1. The molecular formula is C20H22F2N2O2. The van der Waals surface area contributed by atoms with Crippen LogP contribution in [0.15, 0.2) is 36.5 Å². The number of likely N-dealkylation sites (tertiary alicyclic amines) is 1. The number of hydrogen-bond donors (Lipinski definition) is 1. The summed E-state index contributed by atoms with van der Waals surface area (Å²) in [7, 11) is 0. The smallest absolute Gasteiger partial charge is 0.255 e. The van der Waals surface area contributed by atoms with E-state index >= 15 is 0 Å². The molecule has 4 rings (SSSR count). The van der Waals surface area contributed by atoms with Crippen molar-refractivity contribution >= 4 is 0 Å². The Hall–Kier alpha value is -2.21. The van der Waals surface area contributed by atoms with Gasteiger partial charge in [-0.2, -0.15) is 4.39 Å². The van der Waals surface area contributed by atoms with Gasteiger partial charge >= 0.3 is 0 Å². The number of benzene rings is 1. The number of rotatable bonds is 5. The first-order valence-corrected chi connectivity index (χ1v) is 9.05. The van der Waals surface area contributed by atoms with Crippen molar-refractivity contribution in [2.75, 3.05) is 19.6 Å². The maximum absolute atomic E-state index is 13.6. The maximum atomic E-state index is 13.6. The summed E-state index contributed by atoms with van der Waals surface area (Å²) in [5.74, 6) is -0.0486. The van der Waals surface area contributed by atoms with Crippen molar-refractivity contribution in [1.82, 2.24) is 9.88 Å². The Labute approximate surface area is 151 Å². The van der Waals surface area contributed by atoms with Gasteiger partial charge in [-0.25, -0.2) is 9.37 Å². The van der Waals surface area contributed by atoms with Crippen LogP contribution >= 0.6 is 0 Å². The molecule has 1 aromatic carbocycles. The molecule has 4 nitrogen and oxygen atoms in total. The first-order valence-electron chi connectivity index (χ1n) is 9.05. The summed E-state index contributed by atoms with van der Waals surface area (Å²) in [4.78, 5) is 6.03. The minimum atomic E-state index is -0.566. The van der Waals surface area contributed by atoms with Gasteiger partial charge in [-0.3, -0.25) is 0 Å². The lowest BCUT2D eigenvalue weighted by molar-refractivity contribution is 0.177. The lowest BCUT2D eigenvalue weighted by atomic mass is 10.0. The zero-order chi connectivity index (χ0) is 18.1. The highest BCUT2D eigenvalue weighted by atomic mass is 19.1. The highest BCUT2D eigenvalue weighted by Gasteiger charge is 2.41. The van der Waals surface area contributed by atoms with Crippen LogP contribution in [0, 0.1) is 23.6 Å². The Kier molecular flexibility index (Phi) is 4.76. The third kappa shape index (κ3) is 3.65. The summed E-state index contributed by atoms with van der Waals surface area (Å²) >= 11 is 0. The maximum Gasteiger partial charge on any atom is 0.255 e. The van der Waals surface area contributed by atoms with E-state index in [1.54, 1.807) is 18.2 Å². The van der Waals surface area contributed by atoms with Crippen molar-refractivity contribution in [3.63, 3.8) is 0 Å². The minimum Gasteiger partial charge on any atom is -0.505 e. The van der Waals surface area contributed by atoms with Crippen molar-refractivity contribution < 1.29 is 18.6 Å². The number of aromatic nitrogens is 1. The van der Waals surface area contributed by atoms with Crippen molar-refractivity contribution in [3.8, 4) is 11.5 Å². The lowest BCUT2D eigenvalue weighted by Crippen LogP contribution is -2.26. The topological polar surface area (TPSA) is 45.6 Å². The normalized spacial score (nSPS) is 25.4. The number of nitrogens with zero attached hydrogens (tertiary/aromatic N) is 2. The quantitative estimate of drug-likeness (QED) is 0.830. The van der Waals surface area contributed by atoms with E-state index in [0.717, 1.165) is 44.5 Å². The van der Waals surface area contributed by atoms with Gasteiger partial charge in [0, 0.05) is 25.8 Å². The number of pyridine rings is 1. The van der Waals surface area contributed by atoms with Gasteiger partial charge in [0.25, 0.3) is 5.95 Å². The van der Waals surface area contributed by atoms with Gasteiger partial charge < -0.3 is 14.7 Å². The Morgan fingerprint density at radius 2 is 1.92 bits per heavy atom. The molecular weight excluding hydrogens is 338 g/mol. The molecule has 0 bridgehead atoms. The van der Waals surface area contributed by atoms with E-state index in [4.69, 9.17) is 4.74 Å². The molecule has 138 valence electrons. The van der Waals surface area contributed by atoms with E-state index < -0.39 is 11.8 Å². The van der Waals surface area contributed by atoms with E-state index in [1.807, 2.05) is 0 Å². The minimum absolute atomic E-state index is 0.0528. The zero-order valence-corrected chi connectivity index (χ0v) is 14.4. The molecule has 1 aromatic heterocycles. The molecule has 0 radical (unpaired) electrons. The van der Waals surface area contributed by atoms with Gasteiger partial charge in [-0.1, -0.05) is 6.07 Å². The zero-order valence-electron chi connectivity index (χ0n) is 14.4. The molecule has 1 aliphatic heterocycles. The average Bonchev–Trinajstić information content (AvgIpc) is 3.16. The van der Waals surface area contributed by atoms with E-state index in [1.165, 1.54) is 18.3 Å². The van der Waals surface area contributed by atoms with Gasteiger partial charge in [-0.15, -0.1) is 0 Å². The molecule has 0 amide bonds. The van der Waals surface area contributed by atoms with Crippen LogP contribution in [0.25, 0.3) is 0 Å². The van der Waals surface area contributed by atoms with Crippen molar-refractivity contribution in [2.45, 2.75) is 25.4 Å². The molecule has 1 saturated carbocycles. The predicted octanol–water partition coefficient (Wildman–Crippen LogP) is 3.40.